The summed E-state index contributed by atoms with van der Waals surface area (Å²) < 4.78 is 0. The second kappa shape index (κ2) is 4.94. The summed E-state index contributed by atoms with van der Waals surface area (Å²) in [5.74, 6) is 0.311. The Hall–Kier alpha value is -2.61. The fourth-order valence-electron chi connectivity index (χ4n) is 1.37. The number of amides is 1. The van der Waals surface area contributed by atoms with Crippen molar-refractivity contribution in [3.63, 3.8) is 0 Å². The van der Waals surface area contributed by atoms with E-state index in [1.165, 1.54) is 6.20 Å². The highest BCUT2D eigenvalue weighted by Gasteiger charge is 2.04. The molecule has 5 nitrogen and oxygen atoms in total. The van der Waals surface area contributed by atoms with Gasteiger partial charge in [-0.25, -0.2) is 4.98 Å². The standard InChI is InChI=1S/C12H10N4O/c13-6-10-1-2-11(15-8-10)16-12(17)5-9-3-4-14-7-9/h1-4,7-8,14H,5H2,(H,15,16,17). The monoisotopic (exact) mass is 226 g/mol. The number of carbonyl (C=O) groups is 1. The molecule has 0 aliphatic heterocycles. The predicted octanol–water partition coefficient (Wildman–Crippen LogP) is 1.46. The van der Waals surface area contributed by atoms with Crippen molar-refractivity contribution in [2.45, 2.75) is 6.42 Å². The summed E-state index contributed by atoms with van der Waals surface area (Å²) in [4.78, 5) is 18.4. The minimum absolute atomic E-state index is 0.137. The van der Waals surface area contributed by atoms with Gasteiger partial charge in [0.2, 0.25) is 5.91 Å². The third-order valence-corrected chi connectivity index (χ3v) is 2.19. The maximum Gasteiger partial charge on any atom is 0.230 e. The molecule has 0 aromatic carbocycles. The molecule has 0 fully saturated rings. The Morgan fingerprint density at radius 3 is 2.94 bits per heavy atom. The van der Waals surface area contributed by atoms with Crippen molar-refractivity contribution in [1.82, 2.24) is 9.97 Å². The Morgan fingerprint density at radius 2 is 2.35 bits per heavy atom. The van der Waals surface area contributed by atoms with Crippen molar-refractivity contribution in [3.8, 4) is 6.07 Å². The predicted molar refractivity (Wildman–Crippen MR) is 62.1 cm³/mol. The number of anilines is 1. The lowest BCUT2D eigenvalue weighted by Crippen LogP contribution is -2.14. The molecule has 2 aromatic rings. The molecule has 0 aliphatic carbocycles. The molecule has 0 atom stereocenters. The van der Waals surface area contributed by atoms with Crippen LogP contribution in [0, 0.1) is 11.3 Å². The lowest BCUT2D eigenvalue weighted by molar-refractivity contribution is -0.115. The molecule has 0 spiro atoms. The normalized spacial score (nSPS) is 9.59. The number of aromatic nitrogens is 2. The van der Waals surface area contributed by atoms with Crippen LogP contribution in [-0.2, 0) is 11.2 Å². The molecule has 2 N–H and O–H groups in total. The summed E-state index contributed by atoms with van der Waals surface area (Å²) in [6.07, 6.45) is 5.26. The molecule has 0 bridgehead atoms. The molecule has 2 heterocycles. The van der Waals surface area contributed by atoms with E-state index >= 15 is 0 Å². The van der Waals surface area contributed by atoms with Crippen LogP contribution in [-0.4, -0.2) is 15.9 Å². The van der Waals surface area contributed by atoms with Crippen molar-refractivity contribution >= 4 is 11.7 Å². The molecule has 2 aromatic heterocycles. The summed E-state index contributed by atoms with van der Waals surface area (Å²) >= 11 is 0. The molecule has 5 heteroatoms. The number of hydrogen-bond acceptors (Lipinski definition) is 3. The Kier molecular flexibility index (Phi) is 3.17. The van der Waals surface area contributed by atoms with Crippen LogP contribution in [0.4, 0.5) is 5.82 Å². The van der Waals surface area contributed by atoms with Crippen molar-refractivity contribution in [2.24, 2.45) is 0 Å². The fourth-order valence-corrected chi connectivity index (χ4v) is 1.37. The Morgan fingerprint density at radius 1 is 1.47 bits per heavy atom. The number of carbonyl (C=O) groups excluding carboxylic acids is 1. The van der Waals surface area contributed by atoms with E-state index in [0.29, 0.717) is 17.8 Å². The van der Waals surface area contributed by atoms with E-state index in [2.05, 4.69) is 15.3 Å². The molecule has 0 saturated carbocycles. The molecule has 0 saturated heterocycles. The quantitative estimate of drug-likeness (QED) is 0.831. The van der Waals surface area contributed by atoms with Crippen LogP contribution in [0.1, 0.15) is 11.1 Å². The third kappa shape index (κ3) is 2.92. The van der Waals surface area contributed by atoms with E-state index in [0.717, 1.165) is 5.56 Å². The van der Waals surface area contributed by atoms with Crippen molar-refractivity contribution in [2.75, 3.05) is 5.32 Å². The van der Waals surface area contributed by atoms with Crippen molar-refractivity contribution in [3.05, 3.63) is 47.9 Å². The van der Waals surface area contributed by atoms with E-state index in [-0.39, 0.29) is 5.91 Å². The van der Waals surface area contributed by atoms with E-state index in [4.69, 9.17) is 5.26 Å². The number of aromatic amines is 1. The lowest BCUT2D eigenvalue weighted by atomic mass is 10.2. The van der Waals surface area contributed by atoms with E-state index in [1.807, 2.05) is 12.1 Å². The number of nitrogens with one attached hydrogen (secondary N) is 2. The Balaban J connectivity index is 1.96. The molecule has 0 radical (unpaired) electrons. The van der Waals surface area contributed by atoms with Gasteiger partial charge in [0, 0.05) is 18.6 Å². The number of nitrogens with zero attached hydrogens (tertiary/aromatic N) is 2. The summed E-state index contributed by atoms with van der Waals surface area (Å²) in [6.45, 7) is 0. The Labute approximate surface area is 98.1 Å². The minimum atomic E-state index is -0.137. The maximum atomic E-state index is 11.6. The van der Waals surface area contributed by atoms with Crippen molar-refractivity contribution < 1.29 is 4.79 Å². The molecular formula is C12H10N4O. The zero-order valence-electron chi connectivity index (χ0n) is 8.97. The van der Waals surface area contributed by atoms with Crippen molar-refractivity contribution in [1.29, 1.82) is 5.26 Å². The summed E-state index contributed by atoms with van der Waals surface area (Å²) in [7, 11) is 0. The first-order valence-electron chi connectivity index (χ1n) is 5.05. The van der Waals surface area contributed by atoms with Gasteiger partial charge < -0.3 is 10.3 Å². The first kappa shape index (κ1) is 10.9. The van der Waals surface area contributed by atoms with Gasteiger partial charge >= 0.3 is 0 Å². The van der Waals surface area contributed by atoms with Gasteiger partial charge in [-0.15, -0.1) is 0 Å². The van der Waals surface area contributed by atoms with Gasteiger partial charge in [-0.3, -0.25) is 4.79 Å². The molecule has 84 valence electrons. The second-order valence-corrected chi connectivity index (χ2v) is 3.49. The molecule has 0 aliphatic rings. The number of rotatable bonds is 3. The summed E-state index contributed by atoms with van der Waals surface area (Å²) in [5.41, 5.74) is 1.38. The average Bonchev–Trinajstić information content (AvgIpc) is 2.82. The molecule has 0 unspecified atom stereocenters. The smallest absolute Gasteiger partial charge is 0.230 e. The van der Waals surface area contributed by atoms with Crippen LogP contribution in [0.3, 0.4) is 0 Å². The number of pyridine rings is 1. The van der Waals surface area contributed by atoms with Crippen LogP contribution < -0.4 is 5.32 Å². The van der Waals surface area contributed by atoms with Gasteiger partial charge in [-0.1, -0.05) is 0 Å². The third-order valence-electron chi connectivity index (χ3n) is 2.19. The highest BCUT2D eigenvalue weighted by Crippen LogP contribution is 2.05. The summed E-state index contributed by atoms with van der Waals surface area (Å²) in [5, 5.41) is 11.3. The largest absolute Gasteiger partial charge is 0.367 e. The molecule has 2 rings (SSSR count). The number of hydrogen-bond donors (Lipinski definition) is 2. The topological polar surface area (TPSA) is 81.6 Å². The van der Waals surface area contributed by atoms with Gasteiger partial charge in [0.05, 0.1) is 12.0 Å². The van der Waals surface area contributed by atoms with E-state index in [9.17, 15) is 4.79 Å². The average molecular weight is 226 g/mol. The van der Waals surface area contributed by atoms with Gasteiger partial charge in [0.25, 0.3) is 0 Å². The van der Waals surface area contributed by atoms with Gasteiger partial charge in [-0.2, -0.15) is 5.26 Å². The summed E-state index contributed by atoms with van der Waals surface area (Å²) in [6, 6.07) is 7.02. The highest BCUT2D eigenvalue weighted by atomic mass is 16.1. The van der Waals surface area contributed by atoms with E-state index in [1.54, 1.807) is 24.5 Å². The number of H-pyrrole nitrogens is 1. The van der Waals surface area contributed by atoms with E-state index < -0.39 is 0 Å². The van der Waals surface area contributed by atoms with Crippen LogP contribution in [0.25, 0.3) is 0 Å². The SMILES string of the molecule is N#Cc1ccc(NC(=O)Cc2cc[nH]c2)nc1. The van der Waals surface area contributed by atoms with Gasteiger partial charge in [0.15, 0.2) is 0 Å². The molecule has 17 heavy (non-hydrogen) atoms. The molecule has 1 amide bonds. The zero-order chi connectivity index (χ0) is 12.1. The van der Waals surface area contributed by atoms with Crippen LogP contribution in [0.15, 0.2) is 36.8 Å². The second-order valence-electron chi connectivity index (χ2n) is 3.49. The lowest BCUT2D eigenvalue weighted by Gasteiger charge is -2.02. The maximum absolute atomic E-state index is 11.6. The zero-order valence-corrected chi connectivity index (χ0v) is 8.97. The van der Waals surface area contributed by atoms with Gasteiger partial charge in [0.1, 0.15) is 11.9 Å². The first-order chi connectivity index (χ1) is 8.28. The minimum Gasteiger partial charge on any atom is -0.367 e. The van der Waals surface area contributed by atoms with Crippen LogP contribution in [0.5, 0.6) is 0 Å². The fraction of sp³-hybridized carbons (Fsp3) is 0.0833. The van der Waals surface area contributed by atoms with Crippen LogP contribution >= 0.6 is 0 Å². The Bertz CT molecular complexity index is 537. The first-order valence-corrected chi connectivity index (χ1v) is 5.05. The highest BCUT2D eigenvalue weighted by molar-refractivity contribution is 5.91. The van der Waals surface area contributed by atoms with Crippen LogP contribution in [0.2, 0.25) is 0 Å². The number of nitriles is 1. The van der Waals surface area contributed by atoms with Gasteiger partial charge in [-0.05, 0) is 23.8 Å². The molecular weight excluding hydrogens is 216 g/mol.